The smallest absolute Gasteiger partial charge is 0.320 e. The van der Waals surface area contributed by atoms with E-state index in [1.165, 1.54) is 22.3 Å². The minimum absolute atomic E-state index is 0.0997. The predicted octanol–water partition coefficient (Wildman–Crippen LogP) is 5.78. The number of carbonyl (C=O) groups is 2. The summed E-state index contributed by atoms with van der Waals surface area (Å²) >= 11 is 0. The summed E-state index contributed by atoms with van der Waals surface area (Å²) in [5.41, 5.74) is 11.9. The number of hydrogen-bond donors (Lipinski definition) is 3. The average Bonchev–Trinajstić information content (AvgIpc) is 2.84. The molecule has 0 fully saturated rings. The second-order valence-corrected chi connectivity index (χ2v) is 10.9. The van der Waals surface area contributed by atoms with Gasteiger partial charge in [0.1, 0.15) is 6.04 Å². The fourth-order valence-corrected chi connectivity index (χ4v) is 4.26. The molecule has 4 N–H and O–H groups in total. The highest BCUT2D eigenvalue weighted by atomic mass is 16.4. The Morgan fingerprint density at radius 3 is 2.11 bits per heavy atom. The molecule has 0 aromatic heterocycles. The number of nitrogens with two attached hydrogens (primary N) is 1. The van der Waals surface area contributed by atoms with Crippen LogP contribution < -0.4 is 11.1 Å². The molecule has 0 heterocycles. The second kappa shape index (κ2) is 11.5. The standard InChI is InChI=1S/C31H38N2O3/c1-20(2)27(19-33-29(34)24-11-9-21(10-12-24)17-28(32)30(35)36)23-15-13-22(14-16-23)25-7-6-8-26(18-25)31(3,4)5/h6-16,18,20,27-28H,17,19,32H2,1-5H3,(H,33,34)(H,35,36)/t27-,28-/m1/s1. The number of carboxylic acid groups (broad SMARTS) is 1. The van der Waals surface area contributed by atoms with Gasteiger partial charge in [0.05, 0.1) is 0 Å². The molecule has 3 aromatic rings. The van der Waals surface area contributed by atoms with Gasteiger partial charge in [0.2, 0.25) is 0 Å². The van der Waals surface area contributed by atoms with E-state index in [9.17, 15) is 9.59 Å². The lowest BCUT2D eigenvalue weighted by atomic mass is 9.84. The number of amides is 1. The van der Waals surface area contributed by atoms with Crippen LogP contribution in [0.4, 0.5) is 0 Å². The normalized spacial score (nSPS) is 13.3. The minimum Gasteiger partial charge on any atom is -0.480 e. The summed E-state index contributed by atoms with van der Waals surface area (Å²) in [5, 5.41) is 12.0. The molecule has 0 radical (unpaired) electrons. The summed E-state index contributed by atoms with van der Waals surface area (Å²) in [6, 6.07) is 23.3. The van der Waals surface area contributed by atoms with Gasteiger partial charge >= 0.3 is 5.97 Å². The Balaban J connectivity index is 1.67. The van der Waals surface area contributed by atoms with Gasteiger partial charge in [-0.15, -0.1) is 0 Å². The van der Waals surface area contributed by atoms with Crippen molar-refractivity contribution in [3.8, 4) is 11.1 Å². The van der Waals surface area contributed by atoms with Crippen LogP contribution >= 0.6 is 0 Å². The van der Waals surface area contributed by atoms with Gasteiger partial charge in [0.15, 0.2) is 0 Å². The summed E-state index contributed by atoms with van der Waals surface area (Å²) in [5.74, 6) is -0.662. The van der Waals surface area contributed by atoms with Crippen molar-refractivity contribution in [1.82, 2.24) is 5.32 Å². The first-order valence-electron chi connectivity index (χ1n) is 12.5. The van der Waals surface area contributed by atoms with Crippen molar-refractivity contribution >= 4 is 11.9 Å². The van der Waals surface area contributed by atoms with Gasteiger partial charge in [-0.05, 0) is 57.7 Å². The number of hydrogen-bond acceptors (Lipinski definition) is 3. The van der Waals surface area contributed by atoms with Gasteiger partial charge in [0.25, 0.3) is 5.91 Å². The monoisotopic (exact) mass is 486 g/mol. The van der Waals surface area contributed by atoms with Gasteiger partial charge in [-0.25, -0.2) is 0 Å². The SMILES string of the molecule is CC(C)[C@@H](CNC(=O)c1ccc(C[C@@H](N)C(=O)O)cc1)c1ccc(-c2cccc(C(C)(C)C)c2)cc1. The zero-order chi connectivity index (χ0) is 26.5. The van der Waals surface area contributed by atoms with Crippen LogP contribution in [-0.4, -0.2) is 29.6 Å². The van der Waals surface area contributed by atoms with Gasteiger partial charge in [-0.3, -0.25) is 9.59 Å². The molecule has 0 aliphatic heterocycles. The molecule has 0 unspecified atom stereocenters. The van der Waals surface area contributed by atoms with Crippen LogP contribution in [0.15, 0.2) is 72.8 Å². The quantitative estimate of drug-likeness (QED) is 0.358. The lowest BCUT2D eigenvalue weighted by Gasteiger charge is -2.23. The first-order chi connectivity index (χ1) is 17.0. The summed E-state index contributed by atoms with van der Waals surface area (Å²) in [4.78, 5) is 23.7. The van der Waals surface area contributed by atoms with Gasteiger partial charge in [0, 0.05) is 18.0 Å². The Hall–Kier alpha value is -3.44. The number of rotatable bonds is 9. The number of carboxylic acids is 1. The van der Waals surface area contributed by atoms with E-state index in [1.807, 2.05) is 0 Å². The molecule has 1 amide bonds. The van der Waals surface area contributed by atoms with Crippen LogP contribution in [-0.2, 0) is 16.6 Å². The maximum absolute atomic E-state index is 12.8. The maximum atomic E-state index is 12.8. The van der Waals surface area contributed by atoms with E-state index >= 15 is 0 Å². The lowest BCUT2D eigenvalue weighted by Crippen LogP contribution is -2.32. The maximum Gasteiger partial charge on any atom is 0.320 e. The molecule has 0 aliphatic rings. The lowest BCUT2D eigenvalue weighted by molar-refractivity contribution is -0.138. The summed E-state index contributed by atoms with van der Waals surface area (Å²) in [6.07, 6.45) is 0.225. The van der Waals surface area contributed by atoms with Crippen molar-refractivity contribution in [2.24, 2.45) is 11.7 Å². The third-order valence-corrected chi connectivity index (χ3v) is 6.68. The average molecular weight is 487 g/mol. The molecule has 0 saturated heterocycles. The van der Waals surface area contributed by atoms with Gasteiger partial charge < -0.3 is 16.2 Å². The minimum atomic E-state index is -1.04. The molecule has 2 atom stereocenters. The molecule has 0 saturated carbocycles. The number of benzene rings is 3. The van der Waals surface area contributed by atoms with Crippen molar-refractivity contribution in [3.63, 3.8) is 0 Å². The Kier molecular flexibility index (Phi) is 8.70. The van der Waals surface area contributed by atoms with E-state index < -0.39 is 12.0 Å². The predicted molar refractivity (Wildman–Crippen MR) is 146 cm³/mol. The third-order valence-electron chi connectivity index (χ3n) is 6.68. The first-order valence-corrected chi connectivity index (χ1v) is 12.5. The van der Waals surface area contributed by atoms with E-state index in [4.69, 9.17) is 10.8 Å². The first kappa shape index (κ1) is 27.2. The van der Waals surface area contributed by atoms with E-state index in [0.717, 1.165) is 5.56 Å². The fourth-order valence-electron chi connectivity index (χ4n) is 4.26. The second-order valence-electron chi connectivity index (χ2n) is 10.9. The number of aliphatic carboxylic acids is 1. The highest BCUT2D eigenvalue weighted by Gasteiger charge is 2.19. The van der Waals surface area contributed by atoms with Crippen LogP contribution in [0.2, 0.25) is 0 Å². The Morgan fingerprint density at radius 2 is 1.56 bits per heavy atom. The third kappa shape index (κ3) is 7.05. The topological polar surface area (TPSA) is 92.4 Å². The fraction of sp³-hybridized carbons (Fsp3) is 0.355. The van der Waals surface area contributed by atoms with E-state index in [1.54, 1.807) is 24.3 Å². The van der Waals surface area contributed by atoms with Crippen molar-refractivity contribution in [2.45, 2.75) is 58.4 Å². The zero-order valence-corrected chi connectivity index (χ0v) is 21.9. The van der Waals surface area contributed by atoms with E-state index in [0.29, 0.717) is 18.0 Å². The van der Waals surface area contributed by atoms with Crippen LogP contribution in [0.25, 0.3) is 11.1 Å². The molecular formula is C31H38N2O3. The van der Waals surface area contributed by atoms with Crippen LogP contribution in [0.5, 0.6) is 0 Å². The highest BCUT2D eigenvalue weighted by molar-refractivity contribution is 5.94. The molecule has 0 spiro atoms. The Morgan fingerprint density at radius 1 is 0.917 bits per heavy atom. The molecule has 0 bridgehead atoms. The molecule has 5 nitrogen and oxygen atoms in total. The Labute approximate surface area is 214 Å². The molecule has 36 heavy (non-hydrogen) atoms. The van der Waals surface area contributed by atoms with Crippen LogP contribution in [0, 0.1) is 5.92 Å². The highest BCUT2D eigenvalue weighted by Crippen LogP contribution is 2.30. The molecule has 190 valence electrons. The van der Waals surface area contributed by atoms with Crippen molar-refractivity contribution in [1.29, 1.82) is 0 Å². The molecule has 5 heteroatoms. The zero-order valence-electron chi connectivity index (χ0n) is 21.9. The number of carbonyl (C=O) groups excluding carboxylic acids is 1. The number of nitrogens with one attached hydrogen (secondary N) is 1. The van der Waals surface area contributed by atoms with E-state index in [2.05, 4.69) is 88.5 Å². The van der Waals surface area contributed by atoms with Crippen molar-refractivity contribution in [2.75, 3.05) is 6.54 Å². The molecule has 3 rings (SSSR count). The van der Waals surface area contributed by atoms with Crippen molar-refractivity contribution in [3.05, 3.63) is 95.1 Å². The summed E-state index contributed by atoms with van der Waals surface area (Å²) < 4.78 is 0. The van der Waals surface area contributed by atoms with Gasteiger partial charge in [-0.1, -0.05) is 95.3 Å². The summed E-state index contributed by atoms with van der Waals surface area (Å²) in [7, 11) is 0. The van der Waals surface area contributed by atoms with Gasteiger partial charge in [-0.2, -0.15) is 0 Å². The molecule has 0 aliphatic carbocycles. The molecule has 3 aromatic carbocycles. The van der Waals surface area contributed by atoms with Crippen molar-refractivity contribution < 1.29 is 14.7 Å². The largest absolute Gasteiger partial charge is 0.480 e. The molecular weight excluding hydrogens is 448 g/mol. The van der Waals surface area contributed by atoms with Crippen LogP contribution in [0.1, 0.15) is 67.6 Å². The van der Waals surface area contributed by atoms with E-state index in [-0.39, 0.29) is 23.7 Å². The Bertz CT molecular complexity index is 1180. The summed E-state index contributed by atoms with van der Waals surface area (Å²) in [6.45, 7) is 11.5. The van der Waals surface area contributed by atoms with Crippen LogP contribution in [0.3, 0.4) is 0 Å².